The van der Waals surface area contributed by atoms with E-state index in [-0.39, 0.29) is 5.56 Å². The van der Waals surface area contributed by atoms with Gasteiger partial charge in [-0.25, -0.2) is 9.78 Å². The third kappa shape index (κ3) is 2.85. The number of rotatable bonds is 2. The first kappa shape index (κ1) is 13.9. The predicted octanol–water partition coefficient (Wildman–Crippen LogP) is 3.04. The first-order chi connectivity index (χ1) is 10.1. The second-order valence-corrected chi connectivity index (χ2v) is 5.50. The van der Waals surface area contributed by atoms with E-state index in [1.807, 2.05) is 0 Å². The van der Waals surface area contributed by atoms with E-state index in [0.717, 1.165) is 25.9 Å². The van der Waals surface area contributed by atoms with Gasteiger partial charge >= 0.3 is 5.97 Å². The molecule has 4 nitrogen and oxygen atoms in total. The summed E-state index contributed by atoms with van der Waals surface area (Å²) in [5, 5.41) is 9.35. The molecule has 1 aromatic heterocycles. The summed E-state index contributed by atoms with van der Waals surface area (Å²) in [6.45, 7) is 1.66. The van der Waals surface area contributed by atoms with Crippen LogP contribution in [0, 0.1) is 0 Å². The summed E-state index contributed by atoms with van der Waals surface area (Å²) in [4.78, 5) is 17.3. The molecule has 0 fully saturated rings. The number of carbonyl (C=O) groups is 1. The fourth-order valence-corrected chi connectivity index (χ4v) is 2.95. The highest BCUT2D eigenvalue weighted by Gasteiger charge is 2.18. The summed E-state index contributed by atoms with van der Waals surface area (Å²) in [5.74, 6) is -0.353. The van der Waals surface area contributed by atoms with Crippen LogP contribution >= 0.6 is 11.6 Å². The summed E-state index contributed by atoms with van der Waals surface area (Å²) in [6, 6.07) is 9.88. The third-order valence-electron chi connectivity index (χ3n) is 3.79. The average molecular weight is 303 g/mol. The van der Waals surface area contributed by atoms with E-state index in [4.69, 9.17) is 16.7 Å². The molecule has 1 N–H and O–H groups in total. The molecule has 0 radical (unpaired) electrons. The summed E-state index contributed by atoms with van der Waals surface area (Å²) >= 11 is 6.20. The van der Waals surface area contributed by atoms with Gasteiger partial charge in [0.15, 0.2) is 0 Å². The Labute approximate surface area is 128 Å². The van der Waals surface area contributed by atoms with Crippen LogP contribution in [-0.2, 0) is 12.8 Å². The summed E-state index contributed by atoms with van der Waals surface area (Å²) in [6.07, 6.45) is 3.24. The number of pyridine rings is 1. The van der Waals surface area contributed by atoms with Crippen molar-refractivity contribution in [1.82, 2.24) is 4.98 Å². The lowest BCUT2D eigenvalue weighted by atomic mass is 10.0. The molecule has 0 aliphatic carbocycles. The lowest BCUT2D eigenvalue weighted by molar-refractivity contribution is 0.0696. The van der Waals surface area contributed by atoms with Crippen molar-refractivity contribution in [2.75, 3.05) is 18.0 Å². The van der Waals surface area contributed by atoms with E-state index in [2.05, 4.69) is 34.1 Å². The molecular weight excluding hydrogens is 288 g/mol. The lowest BCUT2D eigenvalue weighted by Crippen LogP contribution is -2.27. The van der Waals surface area contributed by atoms with Crippen molar-refractivity contribution < 1.29 is 9.90 Å². The van der Waals surface area contributed by atoms with E-state index < -0.39 is 5.97 Å². The molecule has 0 unspecified atom stereocenters. The quantitative estimate of drug-likeness (QED) is 0.926. The van der Waals surface area contributed by atoms with Crippen LogP contribution in [0.5, 0.6) is 0 Å². The van der Waals surface area contributed by atoms with Gasteiger partial charge in [-0.2, -0.15) is 0 Å². The molecule has 0 atom stereocenters. The zero-order valence-corrected chi connectivity index (χ0v) is 12.2. The minimum atomic E-state index is -1.01. The highest BCUT2D eigenvalue weighted by molar-refractivity contribution is 6.33. The van der Waals surface area contributed by atoms with Crippen molar-refractivity contribution in [2.24, 2.45) is 0 Å². The molecule has 21 heavy (non-hydrogen) atoms. The molecule has 2 heterocycles. The number of fused-ring (bicyclic) bond motifs is 1. The van der Waals surface area contributed by atoms with Crippen LogP contribution < -0.4 is 4.90 Å². The molecule has 3 rings (SSSR count). The summed E-state index contributed by atoms with van der Waals surface area (Å²) in [5.41, 5.74) is 2.83. The van der Waals surface area contributed by atoms with Gasteiger partial charge in [-0.05, 0) is 30.0 Å². The molecule has 0 saturated carbocycles. The fourth-order valence-electron chi connectivity index (χ4n) is 2.66. The average Bonchev–Trinajstić information content (AvgIpc) is 2.70. The topological polar surface area (TPSA) is 53.4 Å². The van der Waals surface area contributed by atoms with Gasteiger partial charge in [0.25, 0.3) is 0 Å². The predicted molar refractivity (Wildman–Crippen MR) is 82.3 cm³/mol. The van der Waals surface area contributed by atoms with Crippen molar-refractivity contribution in [3.05, 3.63) is 58.2 Å². The van der Waals surface area contributed by atoms with E-state index in [1.165, 1.54) is 23.4 Å². The number of anilines is 1. The van der Waals surface area contributed by atoms with E-state index in [0.29, 0.717) is 10.8 Å². The van der Waals surface area contributed by atoms with Gasteiger partial charge in [0.2, 0.25) is 0 Å². The van der Waals surface area contributed by atoms with Gasteiger partial charge in [-0.1, -0.05) is 35.9 Å². The van der Waals surface area contributed by atoms with Crippen LogP contribution in [0.15, 0.2) is 36.5 Å². The summed E-state index contributed by atoms with van der Waals surface area (Å²) in [7, 11) is 0. The van der Waals surface area contributed by atoms with Gasteiger partial charge in [0, 0.05) is 19.3 Å². The minimum absolute atomic E-state index is 0.113. The van der Waals surface area contributed by atoms with Crippen LogP contribution in [0.3, 0.4) is 0 Å². The molecule has 0 saturated heterocycles. The number of aromatic nitrogens is 1. The standard InChI is InChI=1S/C16H15ClN2O2/c17-14-9-13(16(20)21)10-18-15(14)19-7-5-11-3-1-2-4-12(11)6-8-19/h1-4,9-10H,5-8H2,(H,20,21). The van der Waals surface area contributed by atoms with Crippen molar-refractivity contribution >= 4 is 23.4 Å². The highest BCUT2D eigenvalue weighted by atomic mass is 35.5. The van der Waals surface area contributed by atoms with Crippen molar-refractivity contribution in [3.63, 3.8) is 0 Å². The number of nitrogens with zero attached hydrogens (tertiary/aromatic N) is 2. The molecule has 108 valence electrons. The zero-order valence-electron chi connectivity index (χ0n) is 11.4. The number of hydrogen-bond acceptors (Lipinski definition) is 3. The number of carboxylic acid groups (broad SMARTS) is 1. The molecule has 5 heteroatoms. The van der Waals surface area contributed by atoms with Gasteiger partial charge in [-0.15, -0.1) is 0 Å². The van der Waals surface area contributed by atoms with Gasteiger partial charge in [-0.3, -0.25) is 0 Å². The maximum absolute atomic E-state index is 10.9. The van der Waals surface area contributed by atoms with E-state index >= 15 is 0 Å². The van der Waals surface area contributed by atoms with Crippen LogP contribution in [0.4, 0.5) is 5.82 Å². The fraction of sp³-hybridized carbons (Fsp3) is 0.250. The van der Waals surface area contributed by atoms with E-state index in [9.17, 15) is 4.79 Å². The first-order valence-corrected chi connectivity index (χ1v) is 7.23. The molecule has 1 aliphatic rings. The van der Waals surface area contributed by atoms with Crippen molar-refractivity contribution in [2.45, 2.75) is 12.8 Å². The number of benzene rings is 1. The van der Waals surface area contributed by atoms with Crippen molar-refractivity contribution in [1.29, 1.82) is 0 Å². The molecule has 0 amide bonds. The smallest absolute Gasteiger partial charge is 0.337 e. The van der Waals surface area contributed by atoms with E-state index in [1.54, 1.807) is 0 Å². The molecule has 0 spiro atoms. The van der Waals surface area contributed by atoms with Crippen LogP contribution in [0.25, 0.3) is 0 Å². The monoisotopic (exact) mass is 302 g/mol. The molecule has 0 bridgehead atoms. The number of halogens is 1. The maximum Gasteiger partial charge on any atom is 0.337 e. The molecule has 1 aliphatic heterocycles. The Morgan fingerprint density at radius 3 is 2.33 bits per heavy atom. The van der Waals surface area contributed by atoms with Crippen LogP contribution in [-0.4, -0.2) is 29.1 Å². The van der Waals surface area contributed by atoms with Gasteiger partial charge in [0.05, 0.1) is 10.6 Å². The summed E-state index contributed by atoms with van der Waals surface area (Å²) < 4.78 is 0. The number of aromatic carboxylic acids is 1. The second-order valence-electron chi connectivity index (χ2n) is 5.09. The zero-order chi connectivity index (χ0) is 14.8. The second kappa shape index (κ2) is 5.74. The Hall–Kier alpha value is -2.07. The van der Waals surface area contributed by atoms with Gasteiger partial charge in [0.1, 0.15) is 5.82 Å². The molecule has 2 aromatic rings. The highest BCUT2D eigenvalue weighted by Crippen LogP contribution is 2.26. The number of hydrogen-bond donors (Lipinski definition) is 1. The van der Waals surface area contributed by atoms with Gasteiger partial charge < -0.3 is 10.0 Å². The Kier molecular flexibility index (Phi) is 3.80. The minimum Gasteiger partial charge on any atom is -0.478 e. The molecule has 1 aromatic carbocycles. The number of carboxylic acids is 1. The van der Waals surface area contributed by atoms with Crippen molar-refractivity contribution in [3.8, 4) is 0 Å². The largest absolute Gasteiger partial charge is 0.478 e. The van der Waals surface area contributed by atoms with Crippen LogP contribution in [0.2, 0.25) is 5.02 Å². The first-order valence-electron chi connectivity index (χ1n) is 6.86. The maximum atomic E-state index is 10.9. The Morgan fingerprint density at radius 1 is 1.19 bits per heavy atom. The molecular formula is C16H15ClN2O2. The SMILES string of the molecule is O=C(O)c1cnc(N2CCc3ccccc3CC2)c(Cl)c1. The Morgan fingerprint density at radius 2 is 1.81 bits per heavy atom. The van der Waals surface area contributed by atoms with Crippen LogP contribution in [0.1, 0.15) is 21.5 Å². The lowest BCUT2D eigenvalue weighted by Gasteiger charge is -2.22. The Balaban J connectivity index is 1.84. The third-order valence-corrected chi connectivity index (χ3v) is 4.07. The normalized spacial score (nSPS) is 14.4. The Bertz CT molecular complexity index is 661.